The topological polar surface area (TPSA) is 108 Å². The second kappa shape index (κ2) is 6.06. The number of aliphatic imine (C=N–C) groups is 1. The second-order valence-corrected chi connectivity index (χ2v) is 5.35. The van der Waals surface area contributed by atoms with Crippen LogP contribution in [0.1, 0.15) is 12.5 Å². The number of hydrogen-bond donors (Lipinski definition) is 1. The highest BCUT2D eigenvalue weighted by molar-refractivity contribution is 8.09. The van der Waals surface area contributed by atoms with Crippen molar-refractivity contribution in [3.8, 4) is 0 Å². The number of thioether (sulfide) groups is 1. The summed E-state index contributed by atoms with van der Waals surface area (Å²) >= 11 is 1.21. The van der Waals surface area contributed by atoms with Gasteiger partial charge in [-0.25, -0.2) is 4.79 Å². The van der Waals surface area contributed by atoms with Crippen molar-refractivity contribution in [2.75, 3.05) is 7.11 Å². The van der Waals surface area contributed by atoms with Gasteiger partial charge in [0.2, 0.25) is 0 Å². The number of benzene rings is 1. The second-order valence-electron chi connectivity index (χ2n) is 4.22. The van der Waals surface area contributed by atoms with Crippen LogP contribution >= 0.6 is 11.8 Å². The zero-order chi connectivity index (χ0) is 15.6. The monoisotopic (exact) mass is 307 g/mol. The fourth-order valence-electron chi connectivity index (χ4n) is 1.92. The molecule has 0 saturated heterocycles. The van der Waals surface area contributed by atoms with Gasteiger partial charge in [-0.3, -0.25) is 15.1 Å². The average Bonchev–Trinajstić information content (AvgIpc) is 2.45. The maximum atomic E-state index is 11.9. The van der Waals surface area contributed by atoms with Crippen LogP contribution in [-0.2, 0) is 9.53 Å². The Morgan fingerprint density at radius 3 is 2.57 bits per heavy atom. The van der Waals surface area contributed by atoms with E-state index in [2.05, 4.69) is 4.99 Å². The molecule has 1 aliphatic rings. The number of non-ortho nitro benzene ring substituents is 1. The quantitative estimate of drug-likeness (QED) is 0.519. The van der Waals surface area contributed by atoms with Crippen molar-refractivity contribution in [3.05, 3.63) is 45.5 Å². The van der Waals surface area contributed by atoms with Crippen molar-refractivity contribution in [1.29, 1.82) is 0 Å². The molecule has 1 heterocycles. The van der Waals surface area contributed by atoms with Crippen LogP contribution in [0.25, 0.3) is 4.91 Å². The minimum atomic E-state index is -0.524. The lowest BCUT2D eigenvalue weighted by Gasteiger charge is -2.21. The SMILES string of the molecule is COC(=O)C1=C(c2ccc([N+](=O)[O-])cc2)SC(N)N=C1C. The zero-order valence-corrected chi connectivity index (χ0v) is 12.2. The highest BCUT2D eigenvalue weighted by Gasteiger charge is 2.27. The predicted octanol–water partition coefficient (Wildman–Crippen LogP) is 1.93. The van der Waals surface area contributed by atoms with Crippen LogP contribution in [0.5, 0.6) is 0 Å². The van der Waals surface area contributed by atoms with Gasteiger partial charge in [-0.05, 0) is 24.6 Å². The van der Waals surface area contributed by atoms with Gasteiger partial charge in [0.25, 0.3) is 5.69 Å². The van der Waals surface area contributed by atoms with Crippen LogP contribution < -0.4 is 5.73 Å². The number of esters is 1. The minimum Gasteiger partial charge on any atom is -0.465 e. The molecule has 8 heteroatoms. The minimum absolute atomic E-state index is 0.0190. The Balaban J connectivity index is 2.52. The number of methoxy groups -OCH3 is 1. The molecule has 0 bridgehead atoms. The normalized spacial score (nSPS) is 18.2. The van der Waals surface area contributed by atoms with E-state index in [1.54, 1.807) is 19.1 Å². The molecule has 1 aromatic rings. The summed E-state index contributed by atoms with van der Waals surface area (Å²) < 4.78 is 4.77. The van der Waals surface area contributed by atoms with Gasteiger partial charge < -0.3 is 10.5 Å². The first-order chi connectivity index (χ1) is 9.93. The van der Waals surface area contributed by atoms with Gasteiger partial charge >= 0.3 is 5.97 Å². The van der Waals surface area contributed by atoms with Crippen molar-refractivity contribution in [2.24, 2.45) is 10.7 Å². The molecule has 0 amide bonds. The van der Waals surface area contributed by atoms with Crippen molar-refractivity contribution in [2.45, 2.75) is 12.4 Å². The molecule has 1 aromatic carbocycles. The summed E-state index contributed by atoms with van der Waals surface area (Å²) in [5.41, 5.74) is 6.75. The highest BCUT2D eigenvalue weighted by Crippen LogP contribution is 2.37. The third kappa shape index (κ3) is 3.11. The largest absolute Gasteiger partial charge is 0.465 e. The van der Waals surface area contributed by atoms with Gasteiger partial charge in [-0.15, -0.1) is 0 Å². The van der Waals surface area contributed by atoms with Crippen molar-refractivity contribution in [1.82, 2.24) is 0 Å². The van der Waals surface area contributed by atoms with Gasteiger partial charge in [0, 0.05) is 17.0 Å². The summed E-state index contributed by atoms with van der Waals surface area (Å²) in [4.78, 5) is 26.9. The smallest absolute Gasteiger partial charge is 0.340 e. The number of carbonyl (C=O) groups is 1. The van der Waals surface area contributed by atoms with E-state index in [0.717, 1.165) is 0 Å². The maximum absolute atomic E-state index is 11.9. The molecule has 0 spiro atoms. The summed E-state index contributed by atoms with van der Waals surface area (Å²) in [5.74, 6) is -0.510. The van der Waals surface area contributed by atoms with E-state index < -0.39 is 16.4 Å². The van der Waals surface area contributed by atoms with Crippen LogP contribution in [0.15, 0.2) is 34.8 Å². The van der Waals surface area contributed by atoms with Crippen molar-refractivity contribution in [3.63, 3.8) is 0 Å². The standard InChI is InChI=1S/C13H13N3O4S/c1-7-10(12(17)20-2)11(21-13(14)15-7)8-3-5-9(6-4-8)16(18)19/h3-6,13H,14H2,1-2H3. The number of carbonyl (C=O) groups excluding carboxylic acids is 1. The molecular weight excluding hydrogens is 294 g/mol. The Morgan fingerprint density at radius 2 is 2.05 bits per heavy atom. The Kier molecular flexibility index (Phi) is 4.39. The van der Waals surface area contributed by atoms with Crippen molar-refractivity contribution < 1.29 is 14.5 Å². The molecule has 0 saturated carbocycles. The number of rotatable bonds is 3. The first kappa shape index (κ1) is 15.2. The van der Waals surface area contributed by atoms with Gasteiger partial charge in [0.05, 0.1) is 23.3 Å². The van der Waals surface area contributed by atoms with E-state index in [-0.39, 0.29) is 5.69 Å². The Bertz CT molecular complexity index is 652. The Hall–Kier alpha value is -2.19. The van der Waals surface area contributed by atoms with Gasteiger partial charge in [-0.1, -0.05) is 11.8 Å². The van der Waals surface area contributed by atoms with E-state index in [0.29, 0.717) is 21.8 Å². The van der Waals surface area contributed by atoms with E-state index >= 15 is 0 Å². The van der Waals surface area contributed by atoms with Gasteiger partial charge in [-0.2, -0.15) is 0 Å². The number of nitrogens with two attached hydrogens (primary N) is 1. The van der Waals surface area contributed by atoms with Gasteiger partial charge in [0.15, 0.2) is 0 Å². The fraction of sp³-hybridized carbons (Fsp3) is 0.231. The summed E-state index contributed by atoms with van der Waals surface area (Å²) in [6.07, 6.45) is 0. The van der Waals surface area contributed by atoms with Crippen molar-refractivity contribution >= 4 is 34.0 Å². The summed E-state index contributed by atoms with van der Waals surface area (Å²) in [6.45, 7) is 1.68. The number of nitro groups is 1. The molecule has 0 aromatic heterocycles. The Labute approximate surface area is 125 Å². The van der Waals surface area contributed by atoms with Crippen LogP contribution in [0.2, 0.25) is 0 Å². The predicted molar refractivity (Wildman–Crippen MR) is 80.7 cm³/mol. The molecule has 2 rings (SSSR count). The van der Waals surface area contributed by atoms with Crippen LogP contribution in [0.3, 0.4) is 0 Å². The summed E-state index contributed by atoms with van der Waals surface area (Å²) in [6, 6.07) is 5.91. The molecule has 1 aliphatic heterocycles. The molecule has 110 valence electrons. The number of hydrogen-bond acceptors (Lipinski definition) is 7. The third-order valence-electron chi connectivity index (χ3n) is 2.88. The molecule has 0 fully saturated rings. The molecule has 7 nitrogen and oxygen atoms in total. The Morgan fingerprint density at radius 1 is 1.43 bits per heavy atom. The molecular formula is C13H13N3O4S. The van der Waals surface area contributed by atoms with Gasteiger partial charge in [0.1, 0.15) is 5.50 Å². The number of nitrogens with zero attached hydrogens (tertiary/aromatic N) is 2. The summed E-state index contributed by atoms with van der Waals surface area (Å²) in [5, 5.41) is 10.7. The fourth-order valence-corrected chi connectivity index (χ4v) is 2.99. The molecule has 1 atom stereocenters. The third-order valence-corrected chi connectivity index (χ3v) is 3.90. The highest BCUT2D eigenvalue weighted by atomic mass is 32.2. The van der Waals surface area contributed by atoms with E-state index in [4.69, 9.17) is 10.5 Å². The maximum Gasteiger partial charge on any atom is 0.340 e. The first-order valence-corrected chi connectivity index (χ1v) is 6.86. The lowest BCUT2D eigenvalue weighted by atomic mass is 10.1. The van der Waals surface area contributed by atoms with E-state index in [1.165, 1.54) is 31.0 Å². The van der Waals surface area contributed by atoms with Crippen LogP contribution in [-0.4, -0.2) is 29.2 Å². The first-order valence-electron chi connectivity index (χ1n) is 5.98. The molecule has 0 aliphatic carbocycles. The molecule has 1 unspecified atom stereocenters. The molecule has 21 heavy (non-hydrogen) atoms. The molecule has 2 N–H and O–H groups in total. The van der Waals surface area contributed by atoms with E-state index in [1.807, 2.05) is 0 Å². The molecule has 0 radical (unpaired) electrons. The van der Waals surface area contributed by atoms with Crippen LogP contribution in [0.4, 0.5) is 5.69 Å². The lowest BCUT2D eigenvalue weighted by Crippen LogP contribution is -2.24. The lowest BCUT2D eigenvalue weighted by molar-refractivity contribution is -0.384. The number of ether oxygens (including phenoxy) is 1. The van der Waals surface area contributed by atoms with E-state index in [9.17, 15) is 14.9 Å². The average molecular weight is 307 g/mol. The zero-order valence-electron chi connectivity index (χ0n) is 11.4. The summed E-state index contributed by atoms with van der Waals surface area (Å²) in [7, 11) is 1.29. The number of nitro benzene ring substituents is 1. The van der Waals surface area contributed by atoms with Crippen LogP contribution in [0, 0.1) is 10.1 Å².